The van der Waals surface area contributed by atoms with Crippen LogP contribution in [-0.2, 0) is 9.53 Å². The van der Waals surface area contributed by atoms with Gasteiger partial charge in [-0.05, 0) is 6.92 Å². The van der Waals surface area contributed by atoms with E-state index in [-0.39, 0.29) is 25.0 Å². The van der Waals surface area contributed by atoms with Crippen LogP contribution in [0.5, 0.6) is 0 Å². The predicted molar refractivity (Wildman–Crippen MR) is 52.5 cm³/mol. The number of hydrogen-bond donors (Lipinski definition) is 1. The summed E-state index contributed by atoms with van der Waals surface area (Å²) in [6.45, 7) is 1.14. The number of halogens is 2. The first kappa shape index (κ1) is 13.8. The molecular formula is C10H15F2NO2. The van der Waals surface area contributed by atoms with Crippen LogP contribution in [-0.4, -0.2) is 31.6 Å². The number of hydrogen-bond acceptors (Lipinski definition) is 2. The highest BCUT2D eigenvalue weighted by Crippen LogP contribution is 1.94. The maximum Gasteiger partial charge on any atom is 0.261 e. The van der Waals surface area contributed by atoms with Gasteiger partial charge in [-0.3, -0.25) is 4.79 Å². The van der Waals surface area contributed by atoms with Crippen LogP contribution in [0.2, 0.25) is 0 Å². The molecule has 0 aromatic rings. The minimum absolute atomic E-state index is 0.00104. The molecule has 1 atom stereocenters. The molecule has 0 radical (unpaired) electrons. The molecule has 0 aliphatic carbocycles. The van der Waals surface area contributed by atoms with Gasteiger partial charge in [0.2, 0.25) is 5.91 Å². The standard InChI is InChI=1S/C10H15F2NO2/c1-3-4-8(2)13-10(14)5-6-15-7-9(11)12/h1,8-9H,4-7H2,2H3,(H,13,14). The van der Waals surface area contributed by atoms with Crippen molar-refractivity contribution in [3.63, 3.8) is 0 Å². The number of terminal acetylenes is 1. The predicted octanol–water partition coefficient (Wildman–Crippen LogP) is 1.19. The molecule has 0 saturated carbocycles. The highest BCUT2D eigenvalue weighted by atomic mass is 19.3. The Morgan fingerprint density at radius 1 is 1.60 bits per heavy atom. The van der Waals surface area contributed by atoms with Gasteiger partial charge in [0, 0.05) is 18.9 Å². The molecule has 1 N–H and O–H groups in total. The molecule has 1 amide bonds. The average molecular weight is 219 g/mol. The number of amides is 1. The normalized spacial score (nSPS) is 12.2. The Hall–Kier alpha value is -1.15. The fraction of sp³-hybridized carbons (Fsp3) is 0.700. The summed E-state index contributed by atoms with van der Waals surface area (Å²) in [5.41, 5.74) is 0. The molecule has 0 rings (SSSR count). The largest absolute Gasteiger partial charge is 0.375 e. The van der Waals surface area contributed by atoms with Gasteiger partial charge in [-0.15, -0.1) is 12.3 Å². The highest BCUT2D eigenvalue weighted by molar-refractivity contribution is 5.76. The molecule has 0 bridgehead atoms. The van der Waals surface area contributed by atoms with E-state index in [0.717, 1.165) is 0 Å². The summed E-state index contributed by atoms with van der Waals surface area (Å²) in [4.78, 5) is 11.1. The van der Waals surface area contributed by atoms with Crippen molar-refractivity contribution in [1.29, 1.82) is 0 Å². The second-order valence-electron chi connectivity index (χ2n) is 3.09. The molecule has 0 aliphatic heterocycles. The minimum Gasteiger partial charge on any atom is -0.375 e. The zero-order valence-electron chi connectivity index (χ0n) is 8.63. The van der Waals surface area contributed by atoms with Gasteiger partial charge in [-0.2, -0.15) is 0 Å². The Balaban J connectivity index is 3.46. The summed E-state index contributed by atoms with van der Waals surface area (Å²) in [6.07, 6.45) is 3.08. The number of carbonyl (C=O) groups is 1. The molecule has 0 aromatic carbocycles. The minimum atomic E-state index is -2.49. The van der Waals surface area contributed by atoms with Gasteiger partial charge in [-0.1, -0.05) is 0 Å². The van der Waals surface area contributed by atoms with Gasteiger partial charge in [0.25, 0.3) is 6.43 Å². The fourth-order valence-corrected chi connectivity index (χ4v) is 0.912. The molecule has 15 heavy (non-hydrogen) atoms. The average Bonchev–Trinajstić information content (AvgIpc) is 2.12. The van der Waals surface area contributed by atoms with Crippen molar-refractivity contribution in [2.45, 2.75) is 32.2 Å². The van der Waals surface area contributed by atoms with Gasteiger partial charge in [-0.25, -0.2) is 8.78 Å². The first-order valence-electron chi connectivity index (χ1n) is 4.65. The van der Waals surface area contributed by atoms with Crippen LogP contribution in [0.15, 0.2) is 0 Å². The lowest BCUT2D eigenvalue weighted by Crippen LogP contribution is -2.32. The van der Waals surface area contributed by atoms with Gasteiger partial charge in [0.1, 0.15) is 6.61 Å². The van der Waals surface area contributed by atoms with E-state index >= 15 is 0 Å². The van der Waals surface area contributed by atoms with E-state index in [0.29, 0.717) is 6.42 Å². The molecular weight excluding hydrogens is 204 g/mol. The summed E-state index contributed by atoms with van der Waals surface area (Å²) in [5, 5.41) is 2.62. The number of alkyl halides is 2. The lowest BCUT2D eigenvalue weighted by molar-refractivity contribution is -0.123. The first-order chi connectivity index (χ1) is 7.06. The maximum absolute atomic E-state index is 11.6. The smallest absolute Gasteiger partial charge is 0.261 e. The van der Waals surface area contributed by atoms with Crippen LogP contribution >= 0.6 is 0 Å². The molecule has 1 unspecified atom stereocenters. The van der Waals surface area contributed by atoms with Gasteiger partial charge < -0.3 is 10.1 Å². The van der Waals surface area contributed by atoms with Crippen LogP contribution < -0.4 is 5.32 Å². The van der Waals surface area contributed by atoms with E-state index in [4.69, 9.17) is 6.42 Å². The molecule has 3 nitrogen and oxygen atoms in total. The topological polar surface area (TPSA) is 38.3 Å². The van der Waals surface area contributed by atoms with Crippen molar-refractivity contribution in [2.24, 2.45) is 0 Å². The Kier molecular flexibility index (Phi) is 7.56. The van der Waals surface area contributed by atoms with E-state index in [1.54, 1.807) is 6.92 Å². The molecule has 0 spiro atoms. The fourth-order valence-electron chi connectivity index (χ4n) is 0.912. The van der Waals surface area contributed by atoms with Crippen molar-refractivity contribution >= 4 is 5.91 Å². The summed E-state index contributed by atoms with van der Waals surface area (Å²) in [6, 6.07) is -0.0994. The third kappa shape index (κ3) is 9.16. The zero-order valence-corrected chi connectivity index (χ0v) is 8.63. The number of ether oxygens (including phenoxy) is 1. The third-order valence-corrected chi connectivity index (χ3v) is 1.55. The SMILES string of the molecule is C#CCC(C)NC(=O)CCOCC(F)F. The summed E-state index contributed by atoms with van der Waals surface area (Å²) >= 11 is 0. The number of nitrogens with one attached hydrogen (secondary N) is 1. The van der Waals surface area contributed by atoms with E-state index in [9.17, 15) is 13.6 Å². The zero-order chi connectivity index (χ0) is 11.7. The Labute approximate surface area is 88.2 Å². The Bertz CT molecular complexity index is 226. The van der Waals surface area contributed by atoms with Crippen LogP contribution in [0.3, 0.4) is 0 Å². The van der Waals surface area contributed by atoms with Crippen LogP contribution in [0.1, 0.15) is 19.8 Å². The van der Waals surface area contributed by atoms with Gasteiger partial charge >= 0.3 is 0 Å². The molecule has 86 valence electrons. The molecule has 0 aromatic heterocycles. The maximum atomic E-state index is 11.6. The summed E-state index contributed by atoms with van der Waals surface area (Å²) in [7, 11) is 0. The lowest BCUT2D eigenvalue weighted by Gasteiger charge is -2.10. The van der Waals surface area contributed by atoms with E-state index in [1.807, 2.05) is 0 Å². The summed E-state index contributed by atoms with van der Waals surface area (Å²) < 4.78 is 27.8. The van der Waals surface area contributed by atoms with Crippen LogP contribution in [0, 0.1) is 12.3 Å². The second kappa shape index (κ2) is 8.18. The Morgan fingerprint density at radius 3 is 2.80 bits per heavy atom. The van der Waals surface area contributed by atoms with E-state index in [1.165, 1.54) is 0 Å². The highest BCUT2D eigenvalue weighted by Gasteiger charge is 2.07. The van der Waals surface area contributed by atoms with Crippen molar-refractivity contribution in [2.75, 3.05) is 13.2 Å². The molecule has 0 aliphatic rings. The van der Waals surface area contributed by atoms with E-state index in [2.05, 4.69) is 16.0 Å². The number of rotatable bonds is 7. The summed E-state index contributed by atoms with van der Waals surface area (Å²) in [5.74, 6) is 2.17. The van der Waals surface area contributed by atoms with E-state index < -0.39 is 13.0 Å². The van der Waals surface area contributed by atoms with Gasteiger partial charge in [0.15, 0.2) is 0 Å². The Morgan fingerprint density at radius 2 is 2.27 bits per heavy atom. The second-order valence-corrected chi connectivity index (χ2v) is 3.09. The first-order valence-corrected chi connectivity index (χ1v) is 4.65. The lowest BCUT2D eigenvalue weighted by atomic mass is 10.2. The van der Waals surface area contributed by atoms with Crippen molar-refractivity contribution in [3.05, 3.63) is 0 Å². The molecule has 0 saturated heterocycles. The number of carbonyl (C=O) groups excluding carboxylic acids is 1. The quantitative estimate of drug-likeness (QED) is 0.516. The molecule has 5 heteroatoms. The molecule has 0 heterocycles. The van der Waals surface area contributed by atoms with Crippen molar-refractivity contribution in [3.8, 4) is 12.3 Å². The van der Waals surface area contributed by atoms with Gasteiger partial charge in [0.05, 0.1) is 6.61 Å². The van der Waals surface area contributed by atoms with Crippen LogP contribution in [0.4, 0.5) is 8.78 Å². The third-order valence-electron chi connectivity index (χ3n) is 1.55. The van der Waals surface area contributed by atoms with Crippen molar-refractivity contribution < 1.29 is 18.3 Å². The monoisotopic (exact) mass is 219 g/mol. The molecule has 0 fully saturated rings. The van der Waals surface area contributed by atoms with Crippen LogP contribution in [0.25, 0.3) is 0 Å². The van der Waals surface area contributed by atoms with Crippen molar-refractivity contribution in [1.82, 2.24) is 5.32 Å².